The van der Waals surface area contributed by atoms with Gasteiger partial charge in [0.1, 0.15) is 9.98 Å². The highest BCUT2D eigenvalue weighted by Crippen LogP contribution is 2.47. The maximum Gasteiger partial charge on any atom is 0.105 e. The van der Waals surface area contributed by atoms with E-state index in [0.717, 1.165) is 27.8 Å². The first-order valence-electron chi connectivity index (χ1n) is 8.22. The topological polar surface area (TPSA) is 31.2 Å². The molecule has 0 atom stereocenters. The van der Waals surface area contributed by atoms with Gasteiger partial charge in [-0.25, -0.2) is 0 Å². The average Bonchev–Trinajstić information content (AvgIpc) is 3.37. The van der Waals surface area contributed by atoms with Crippen LogP contribution in [0.5, 0.6) is 0 Å². The Labute approximate surface area is 151 Å². The molecule has 0 heterocycles. The minimum Gasteiger partial charge on any atom is -0.261 e. The van der Waals surface area contributed by atoms with Crippen LogP contribution in [0.15, 0.2) is 10.2 Å². The average molecular weight is 353 g/mol. The van der Waals surface area contributed by atoms with Crippen LogP contribution in [0.25, 0.3) is 0 Å². The monoisotopic (exact) mass is 352 g/mol. The van der Waals surface area contributed by atoms with Crippen LogP contribution >= 0.6 is 24.4 Å². The zero-order chi connectivity index (χ0) is 17.4. The van der Waals surface area contributed by atoms with Gasteiger partial charge in [0.25, 0.3) is 0 Å². The van der Waals surface area contributed by atoms with Gasteiger partial charge in [0.05, 0.1) is 0 Å². The molecule has 0 aromatic carbocycles. The molecule has 128 valence electrons. The van der Waals surface area contributed by atoms with Gasteiger partial charge in [-0.1, -0.05) is 38.3 Å². The molecule has 0 aromatic rings. The van der Waals surface area contributed by atoms with E-state index in [2.05, 4.69) is 24.1 Å². The zero-order valence-electron chi connectivity index (χ0n) is 15.1. The normalized spacial score (nSPS) is 21.7. The summed E-state index contributed by atoms with van der Waals surface area (Å²) in [7, 11) is 3.88. The van der Waals surface area contributed by atoms with Gasteiger partial charge in [0, 0.05) is 42.8 Å². The lowest BCUT2D eigenvalue weighted by atomic mass is 10.1. The number of hydrazone groups is 2. The van der Waals surface area contributed by atoms with Gasteiger partial charge in [-0.2, -0.15) is 10.2 Å². The highest BCUT2D eigenvalue weighted by atomic mass is 32.1. The van der Waals surface area contributed by atoms with E-state index < -0.39 is 0 Å². The number of thiocarbonyl (C=S) groups is 2. The van der Waals surface area contributed by atoms with Gasteiger partial charge < -0.3 is 0 Å². The van der Waals surface area contributed by atoms with Gasteiger partial charge in [-0.05, 0) is 39.5 Å². The van der Waals surface area contributed by atoms with E-state index in [1.807, 2.05) is 38.0 Å². The predicted octanol–water partition coefficient (Wildman–Crippen LogP) is 4.25. The molecule has 0 aliphatic heterocycles. The van der Waals surface area contributed by atoms with Crippen LogP contribution in [0.2, 0.25) is 0 Å². The number of hydrogen-bond acceptors (Lipinski definition) is 4. The Morgan fingerprint density at radius 1 is 0.826 bits per heavy atom. The molecule has 0 bridgehead atoms. The predicted molar refractivity (Wildman–Crippen MR) is 106 cm³/mol. The second kappa shape index (κ2) is 6.55. The van der Waals surface area contributed by atoms with Crippen molar-refractivity contribution in [2.75, 3.05) is 14.1 Å². The van der Waals surface area contributed by atoms with E-state index in [1.54, 1.807) is 0 Å². The summed E-state index contributed by atoms with van der Waals surface area (Å²) in [4.78, 5) is 1.87. The summed E-state index contributed by atoms with van der Waals surface area (Å²) in [5, 5.41) is 12.9. The Hall–Kier alpha value is -0.880. The molecular formula is C17H28N4S2. The van der Waals surface area contributed by atoms with Gasteiger partial charge >= 0.3 is 0 Å². The Morgan fingerprint density at radius 2 is 1.13 bits per heavy atom. The Balaban J connectivity index is 1.91. The lowest BCUT2D eigenvalue weighted by Crippen LogP contribution is -2.29. The molecular weight excluding hydrogens is 324 g/mol. The van der Waals surface area contributed by atoms with Crippen molar-refractivity contribution in [3.63, 3.8) is 0 Å². The van der Waals surface area contributed by atoms with E-state index in [-0.39, 0.29) is 10.8 Å². The number of rotatable bonds is 6. The number of hydrogen-bond donors (Lipinski definition) is 0. The third-order valence-corrected chi connectivity index (χ3v) is 6.29. The number of nitrogens with zero attached hydrogens (tertiary/aromatic N) is 4. The van der Waals surface area contributed by atoms with E-state index >= 15 is 0 Å². The molecule has 0 N–H and O–H groups in total. The van der Waals surface area contributed by atoms with Gasteiger partial charge in [0.15, 0.2) is 0 Å². The van der Waals surface area contributed by atoms with Crippen molar-refractivity contribution in [2.24, 2.45) is 21.0 Å². The molecule has 2 aliphatic carbocycles. The quantitative estimate of drug-likeness (QED) is 0.406. The molecule has 2 saturated carbocycles. The van der Waals surface area contributed by atoms with Crippen molar-refractivity contribution in [1.29, 1.82) is 0 Å². The molecule has 2 aliphatic rings. The van der Waals surface area contributed by atoms with Crippen molar-refractivity contribution in [2.45, 2.75) is 59.8 Å². The standard InChI is InChI=1S/C17H28N4S2/c1-12(18-20(5)14(22)16(3)7-8-16)11-13(2)19-21(6)15(23)17(4)9-10-17/h7-11H2,1-6H3/b18-12+,19-13+. The second-order valence-electron chi connectivity index (χ2n) is 7.63. The van der Waals surface area contributed by atoms with Crippen LogP contribution in [-0.4, -0.2) is 45.5 Å². The van der Waals surface area contributed by atoms with Crippen LogP contribution in [0, 0.1) is 10.8 Å². The largest absolute Gasteiger partial charge is 0.261 e. The molecule has 2 fully saturated rings. The molecule has 0 amide bonds. The molecule has 6 heteroatoms. The van der Waals surface area contributed by atoms with Crippen molar-refractivity contribution in [1.82, 2.24) is 10.0 Å². The molecule has 0 saturated heterocycles. The first kappa shape index (κ1) is 18.5. The lowest BCUT2D eigenvalue weighted by molar-refractivity contribution is 0.505. The molecule has 0 spiro atoms. The van der Waals surface area contributed by atoms with Crippen LogP contribution in [0.1, 0.15) is 59.8 Å². The summed E-state index contributed by atoms with van der Waals surface area (Å²) >= 11 is 11.0. The first-order valence-corrected chi connectivity index (χ1v) is 9.03. The fourth-order valence-electron chi connectivity index (χ4n) is 2.63. The second-order valence-corrected chi connectivity index (χ2v) is 8.40. The lowest BCUT2D eigenvalue weighted by Gasteiger charge is -2.21. The van der Waals surface area contributed by atoms with E-state index in [0.29, 0.717) is 0 Å². The van der Waals surface area contributed by atoms with Crippen LogP contribution in [-0.2, 0) is 0 Å². The maximum atomic E-state index is 5.52. The Morgan fingerprint density at radius 3 is 1.39 bits per heavy atom. The molecule has 23 heavy (non-hydrogen) atoms. The Kier molecular flexibility index (Phi) is 5.26. The van der Waals surface area contributed by atoms with Crippen molar-refractivity contribution in [3.8, 4) is 0 Å². The van der Waals surface area contributed by atoms with Crippen molar-refractivity contribution in [3.05, 3.63) is 0 Å². The van der Waals surface area contributed by atoms with Gasteiger partial charge in [0.2, 0.25) is 0 Å². The summed E-state index contributed by atoms with van der Waals surface area (Å²) in [6.07, 6.45) is 5.42. The SMILES string of the molecule is C/C(C/C(C)=N/N(C)C(=S)C1(C)CC1)=N\N(C)C(=S)C1(C)CC1. The van der Waals surface area contributed by atoms with E-state index in [4.69, 9.17) is 24.4 Å². The fraction of sp³-hybridized carbons (Fsp3) is 0.765. The van der Waals surface area contributed by atoms with E-state index in [1.165, 1.54) is 25.7 Å². The third kappa shape index (κ3) is 4.57. The van der Waals surface area contributed by atoms with Crippen molar-refractivity contribution >= 4 is 45.8 Å². The smallest absolute Gasteiger partial charge is 0.105 e. The highest BCUT2D eigenvalue weighted by molar-refractivity contribution is 7.80. The summed E-state index contributed by atoms with van der Waals surface area (Å²) in [6, 6.07) is 0. The first-order chi connectivity index (χ1) is 10.6. The van der Waals surface area contributed by atoms with Crippen molar-refractivity contribution < 1.29 is 0 Å². The van der Waals surface area contributed by atoms with Gasteiger partial charge in [-0.3, -0.25) is 10.0 Å². The van der Waals surface area contributed by atoms with Crippen LogP contribution in [0.4, 0.5) is 0 Å². The fourth-order valence-corrected chi connectivity index (χ4v) is 3.12. The molecule has 4 nitrogen and oxygen atoms in total. The molecule has 0 aromatic heterocycles. The molecule has 0 radical (unpaired) electrons. The highest BCUT2D eigenvalue weighted by Gasteiger charge is 2.44. The Bertz CT molecular complexity index is 521. The van der Waals surface area contributed by atoms with Crippen LogP contribution in [0.3, 0.4) is 0 Å². The third-order valence-electron chi connectivity index (χ3n) is 4.77. The summed E-state index contributed by atoms with van der Waals surface area (Å²) < 4.78 is 0. The molecule has 2 rings (SSSR count). The minimum absolute atomic E-state index is 0.184. The zero-order valence-corrected chi connectivity index (χ0v) is 16.8. The summed E-state index contributed by atoms with van der Waals surface area (Å²) in [6.45, 7) is 8.46. The molecule has 0 unspecified atom stereocenters. The van der Waals surface area contributed by atoms with Crippen LogP contribution < -0.4 is 0 Å². The van der Waals surface area contributed by atoms with E-state index in [9.17, 15) is 0 Å². The van der Waals surface area contributed by atoms with Gasteiger partial charge in [-0.15, -0.1) is 0 Å². The summed E-state index contributed by atoms with van der Waals surface area (Å²) in [5.74, 6) is 0. The summed E-state index contributed by atoms with van der Waals surface area (Å²) in [5.41, 5.74) is 2.39. The minimum atomic E-state index is 0.184. The maximum absolute atomic E-state index is 5.52.